The number of rotatable bonds is 5. The van der Waals surface area contributed by atoms with Gasteiger partial charge in [-0.3, -0.25) is 9.69 Å². The zero-order valence-electron chi connectivity index (χ0n) is 15.8. The maximum absolute atomic E-state index is 12.4. The van der Waals surface area contributed by atoms with E-state index in [2.05, 4.69) is 10.6 Å². The predicted octanol–water partition coefficient (Wildman–Crippen LogP) is 1.25. The Kier molecular flexibility index (Phi) is 7.04. The van der Waals surface area contributed by atoms with Gasteiger partial charge in [-0.1, -0.05) is 0 Å². The minimum atomic E-state index is -0.749. The van der Waals surface area contributed by atoms with Crippen molar-refractivity contribution in [2.75, 3.05) is 19.6 Å². The molecule has 1 saturated heterocycles. The van der Waals surface area contributed by atoms with E-state index in [1.165, 1.54) is 0 Å². The van der Waals surface area contributed by atoms with Gasteiger partial charge in [0.1, 0.15) is 5.60 Å². The van der Waals surface area contributed by atoms with Crippen molar-refractivity contribution in [3.05, 3.63) is 0 Å². The van der Waals surface area contributed by atoms with Crippen LogP contribution in [0.2, 0.25) is 0 Å². The van der Waals surface area contributed by atoms with Gasteiger partial charge in [0.2, 0.25) is 5.91 Å². The molecule has 0 bridgehead atoms. The molecule has 0 aliphatic carbocycles. The molecule has 140 valence electrons. The second kappa shape index (κ2) is 8.16. The lowest BCUT2D eigenvalue weighted by atomic mass is 10.1. The van der Waals surface area contributed by atoms with E-state index in [1.54, 1.807) is 20.8 Å². The molecule has 1 aliphatic rings. The molecule has 0 radical (unpaired) electrons. The van der Waals surface area contributed by atoms with Gasteiger partial charge in [-0.2, -0.15) is 0 Å². The third-order valence-corrected chi connectivity index (χ3v) is 3.49. The number of alkyl carbamates (subject to hydrolysis) is 1. The third kappa shape index (κ3) is 7.97. The van der Waals surface area contributed by atoms with Gasteiger partial charge in [-0.15, -0.1) is 0 Å². The average molecular weight is 343 g/mol. The van der Waals surface area contributed by atoms with Crippen LogP contribution in [0.15, 0.2) is 0 Å². The Bertz CT molecular complexity index is 440. The van der Waals surface area contributed by atoms with Crippen LogP contribution in [-0.2, 0) is 9.53 Å². The van der Waals surface area contributed by atoms with E-state index < -0.39 is 17.8 Å². The fourth-order valence-corrected chi connectivity index (χ4v) is 2.65. The molecule has 0 aromatic rings. The SMILES string of the molecule is CC(C)(C)NC(=O)[C@@H]1CCCN1CC(O)CNC(=O)OC(C)(C)C. The Hall–Kier alpha value is -1.34. The fraction of sp³-hybridized carbons (Fsp3) is 0.882. The summed E-state index contributed by atoms with van der Waals surface area (Å²) in [6.45, 7) is 12.4. The van der Waals surface area contributed by atoms with Gasteiger partial charge in [-0.05, 0) is 60.9 Å². The van der Waals surface area contributed by atoms with Crippen LogP contribution < -0.4 is 10.6 Å². The molecule has 2 atom stereocenters. The molecule has 7 heteroatoms. The van der Waals surface area contributed by atoms with Crippen LogP contribution in [0.25, 0.3) is 0 Å². The normalized spacial score (nSPS) is 20.5. The maximum atomic E-state index is 12.4. The topological polar surface area (TPSA) is 90.9 Å². The smallest absolute Gasteiger partial charge is 0.407 e. The van der Waals surface area contributed by atoms with Crippen molar-refractivity contribution < 1.29 is 19.4 Å². The van der Waals surface area contributed by atoms with E-state index in [4.69, 9.17) is 4.74 Å². The molecular formula is C17H33N3O4. The van der Waals surface area contributed by atoms with Crippen LogP contribution in [0.3, 0.4) is 0 Å². The summed E-state index contributed by atoms with van der Waals surface area (Å²) in [7, 11) is 0. The summed E-state index contributed by atoms with van der Waals surface area (Å²) in [5.74, 6) is -0.00713. The molecule has 2 amide bonds. The molecule has 1 unspecified atom stereocenters. The highest BCUT2D eigenvalue weighted by Gasteiger charge is 2.33. The van der Waals surface area contributed by atoms with Crippen molar-refractivity contribution in [1.29, 1.82) is 0 Å². The molecule has 0 aromatic carbocycles. The van der Waals surface area contributed by atoms with Gasteiger partial charge >= 0.3 is 6.09 Å². The first-order valence-corrected chi connectivity index (χ1v) is 8.58. The van der Waals surface area contributed by atoms with Crippen molar-refractivity contribution in [2.24, 2.45) is 0 Å². The lowest BCUT2D eigenvalue weighted by molar-refractivity contribution is -0.127. The summed E-state index contributed by atoms with van der Waals surface area (Å²) in [5, 5.41) is 15.7. The van der Waals surface area contributed by atoms with Crippen molar-refractivity contribution in [3.8, 4) is 0 Å². The summed E-state index contributed by atoms with van der Waals surface area (Å²) in [6.07, 6.45) is 0.410. The monoisotopic (exact) mass is 343 g/mol. The highest BCUT2D eigenvalue weighted by molar-refractivity contribution is 5.82. The molecule has 1 aliphatic heterocycles. The number of amides is 2. The molecule has 0 spiro atoms. The van der Waals surface area contributed by atoms with Gasteiger partial charge in [0.15, 0.2) is 0 Å². The van der Waals surface area contributed by atoms with E-state index in [0.717, 1.165) is 19.4 Å². The average Bonchev–Trinajstić information content (AvgIpc) is 2.80. The molecule has 1 heterocycles. The van der Waals surface area contributed by atoms with Crippen LogP contribution in [0, 0.1) is 0 Å². The van der Waals surface area contributed by atoms with Crippen LogP contribution in [0.1, 0.15) is 54.4 Å². The highest BCUT2D eigenvalue weighted by Crippen LogP contribution is 2.18. The highest BCUT2D eigenvalue weighted by atomic mass is 16.6. The standard InChI is InChI=1S/C17H33N3O4/c1-16(2,3)19-14(22)13-8-7-9-20(13)11-12(21)10-18-15(23)24-17(4,5)6/h12-13,21H,7-11H2,1-6H3,(H,18,23)(H,19,22)/t12?,13-/m0/s1. The van der Waals surface area contributed by atoms with Gasteiger partial charge in [0, 0.05) is 18.6 Å². The Labute approximate surface area is 145 Å². The second-order valence-electron chi connectivity index (χ2n) is 8.43. The Balaban J connectivity index is 2.43. The Morgan fingerprint density at radius 2 is 1.88 bits per heavy atom. The molecule has 0 aromatic heterocycles. The molecule has 24 heavy (non-hydrogen) atoms. The molecular weight excluding hydrogens is 310 g/mol. The van der Waals surface area contributed by atoms with Crippen LogP contribution in [0.4, 0.5) is 4.79 Å². The summed E-state index contributed by atoms with van der Waals surface area (Å²) in [4.78, 5) is 25.9. The molecule has 1 fully saturated rings. The number of likely N-dealkylation sites (tertiary alicyclic amines) is 1. The van der Waals surface area contributed by atoms with E-state index in [9.17, 15) is 14.7 Å². The zero-order valence-corrected chi connectivity index (χ0v) is 15.8. The lowest BCUT2D eigenvalue weighted by Crippen LogP contribution is -2.52. The first-order valence-electron chi connectivity index (χ1n) is 8.58. The largest absolute Gasteiger partial charge is 0.444 e. The van der Waals surface area contributed by atoms with Gasteiger partial charge in [-0.25, -0.2) is 4.79 Å². The number of hydrogen-bond donors (Lipinski definition) is 3. The summed E-state index contributed by atoms with van der Waals surface area (Å²) < 4.78 is 5.13. The van der Waals surface area contributed by atoms with Crippen LogP contribution >= 0.6 is 0 Å². The predicted molar refractivity (Wildman–Crippen MR) is 92.7 cm³/mol. The number of nitrogens with one attached hydrogen (secondary N) is 2. The number of nitrogens with zero attached hydrogens (tertiary/aromatic N) is 1. The van der Waals surface area contributed by atoms with E-state index in [1.807, 2.05) is 25.7 Å². The minimum absolute atomic E-state index is 0.00713. The van der Waals surface area contributed by atoms with Crippen molar-refractivity contribution in [1.82, 2.24) is 15.5 Å². The molecule has 7 nitrogen and oxygen atoms in total. The van der Waals surface area contributed by atoms with E-state index in [0.29, 0.717) is 6.54 Å². The van der Waals surface area contributed by atoms with Gasteiger partial charge in [0.05, 0.1) is 12.1 Å². The minimum Gasteiger partial charge on any atom is -0.444 e. The van der Waals surface area contributed by atoms with Gasteiger partial charge < -0.3 is 20.5 Å². The number of aliphatic hydroxyl groups excluding tert-OH is 1. The number of aliphatic hydroxyl groups is 1. The quantitative estimate of drug-likeness (QED) is 0.699. The van der Waals surface area contributed by atoms with Crippen molar-refractivity contribution >= 4 is 12.0 Å². The summed E-state index contributed by atoms with van der Waals surface area (Å²) in [5.41, 5.74) is -0.845. The number of carbonyl (C=O) groups excluding carboxylic acids is 2. The molecule has 3 N–H and O–H groups in total. The summed E-state index contributed by atoms with van der Waals surface area (Å²) >= 11 is 0. The summed E-state index contributed by atoms with van der Waals surface area (Å²) in [6, 6.07) is -0.222. The second-order valence-corrected chi connectivity index (χ2v) is 8.43. The number of hydrogen-bond acceptors (Lipinski definition) is 5. The van der Waals surface area contributed by atoms with Crippen molar-refractivity contribution in [3.63, 3.8) is 0 Å². The van der Waals surface area contributed by atoms with E-state index >= 15 is 0 Å². The Morgan fingerprint density at radius 3 is 2.42 bits per heavy atom. The molecule has 1 rings (SSSR count). The first-order chi connectivity index (χ1) is 10.9. The van der Waals surface area contributed by atoms with Crippen LogP contribution in [-0.4, -0.2) is 64.9 Å². The maximum Gasteiger partial charge on any atom is 0.407 e. The molecule has 0 saturated carbocycles. The lowest BCUT2D eigenvalue weighted by Gasteiger charge is -2.29. The number of ether oxygens (including phenoxy) is 1. The van der Waals surface area contributed by atoms with E-state index in [-0.39, 0.29) is 24.0 Å². The van der Waals surface area contributed by atoms with Crippen molar-refractivity contribution in [2.45, 2.75) is 77.7 Å². The van der Waals surface area contributed by atoms with Crippen LogP contribution in [0.5, 0.6) is 0 Å². The third-order valence-electron chi connectivity index (χ3n) is 3.49. The first kappa shape index (κ1) is 20.7. The Morgan fingerprint density at radius 1 is 1.25 bits per heavy atom. The fourth-order valence-electron chi connectivity index (χ4n) is 2.65. The van der Waals surface area contributed by atoms with Gasteiger partial charge in [0.25, 0.3) is 0 Å². The number of carbonyl (C=O) groups is 2. The number of β-amino-alcohol motifs (C(OH)–C–C–N with tert-alkyl or cyclic N) is 1. The zero-order chi connectivity index (χ0) is 18.5.